The second-order valence-electron chi connectivity index (χ2n) is 7.56. The van der Waals surface area contributed by atoms with Gasteiger partial charge in [0, 0.05) is 35.8 Å². The predicted molar refractivity (Wildman–Crippen MR) is 122 cm³/mol. The highest BCUT2D eigenvalue weighted by molar-refractivity contribution is 7.80. The maximum atomic E-state index is 12.9. The number of H-pyrrole nitrogens is 1. The number of aliphatic hydroxyl groups excluding tert-OH is 1. The fourth-order valence-electron chi connectivity index (χ4n) is 3.39. The number of amides is 1. The Kier molecular flexibility index (Phi) is 7.31. The molecule has 0 aliphatic carbocycles. The number of para-hydroxylation sites is 1. The first-order valence-corrected chi connectivity index (χ1v) is 10.5. The van der Waals surface area contributed by atoms with E-state index >= 15 is 0 Å². The van der Waals surface area contributed by atoms with Gasteiger partial charge in [-0.05, 0) is 24.1 Å². The summed E-state index contributed by atoms with van der Waals surface area (Å²) in [5.74, 6) is -0.122. The number of aldehydes is 1. The number of hydrogen-bond acceptors (Lipinski definition) is 5. The number of aromatic amines is 1. The summed E-state index contributed by atoms with van der Waals surface area (Å²) in [5.41, 5.74) is 2.59. The lowest BCUT2D eigenvalue weighted by atomic mass is 9.92. The quantitative estimate of drug-likeness (QED) is 0.254. The fourth-order valence-corrected chi connectivity index (χ4v) is 3.68. The number of aryl methyl sites for hydroxylation is 1. The maximum Gasteiger partial charge on any atom is 0.238 e. The van der Waals surface area contributed by atoms with Gasteiger partial charge in [-0.15, -0.1) is 0 Å². The van der Waals surface area contributed by atoms with E-state index in [2.05, 4.69) is 28.2 Å². The van der Waals surface area contributed by atoms with Crippen LogP contribution < -0.4 is 10.6 Å². The number of nitrogens with one attached hydrogen (secondary N) is 3. The molecule has 158 valence electrons. The molecule has 0 saturated heterocycles. The molecule has 1 heterocycles. The highest BCUT2D eigenvalue weighted by atomic mass is 32.1. The minimum atomic E-state index is -1.41. The normalized spacial score (nSPS) is 14.2. The monoisotopic (exact) mass is 425 g/mol. The smallest absolute Gasteiger partial charge is 0.238 e. The zero-order valence-corrected chi connectivity index (χ0v) is 17.8. The zero-order chi connectivity index (χ0) is 21.6. The van der Waals surface area contributed by atoms with Crippen molar-refractivity contribution in [2.75, 3.05) is 12.4 Å². The average molecular weight is 426 g/mol. The lowest BCUT2D eigenvalue weighted by Crippen LogP contribution is -2.59. The Hall–Kier alpha value is -2.61. The van der Waals surface area contributed by atoms with Gasteiger partial charge in [-0.1, -0.05) is 48.0 Å². The van der Waals surface area contributed by atoms with Gasteiger partial charge in [-0.3, -0.25) is 4.79 Å². The van der Waals surface area contributed by atoms with Crippen LogP contribution in [0.4, 0.5) is 0 Å². The minimum Gasteiger partial charge on any atom is -0.393 e. The van der Waals surface area contributed by atoms with Crippen molar-refractivity contribution >= 4 is 35.7 Å². The van der Waals surface area contributed by atoms with Crippen LogP contribution in [0.15, 0.2) is 54.7 Å². The summed E-state index contributed by atoms with van der Waals surface area (Å²) in [7, 11) is 0. The van der Waals surface area contributed by atoms with Crippen molar-refractivity contribution < 1.29 is 14.7 Å². The Balaban J connectivity index is 1.71. The van der Waals surface area contributed by atoms with Crippen LogP contribution in [-0.4, -0.2) is 46.2 Å². The molecule has 0 bridgehead atoms. The molecule has 4 N–H and O–H groups in total. The van der Waals surface area contributed by atoms with Gasteiger partial charge >= 0.3 is 0 Å². The van der Waals surface area contributed by atoms with Crippen LogP contribution in [0.1, 0.15) is 16.7 Å². The van der Waals surface area contributed by atoms with E-state index in [1.807, 2.05) is 55.5 Å². The molecule has 0 radical (unpaired) electrons. The summed E-state index contributed by atoms with van der Waals surface area (Å²) in [6.45, 7) is 2.01. The Morgan fingerprint density at radius 2 is 1.97 bits per heavy atom. The lowest BCUT2D eigenvalue weighted by molar-refractivity contribution is -0.129. The zero-order valence-electron chi connectivity index (χ0n) is 16.9. The van der Waals surface area contributed by atoms with Crippen molar-refractivity contribution in [2.45, 2.75) is 31.5 Å². The van der Waals surface area contributed by atoms with E-state index in [-0.39, 0.29) is 18.1 Å². The van der Waals surface area contributed by atoms with Crippen molar-refractivity contribution in [3.63, 3.8) is 0 Å². The second-order valence-corrected chi connectivity index (χ2v) is 7.92. The molecule has 30 heavy (non-hydrogen) atoms. The van der Waals surface area contributed by atoms with Gasteiger partial charge in [0.15, 0.2) is 0 Å². The van der Waals surface area contributed by atoms with E-state index in [9.17, 15) is 14.7 Å². The van der Waals surface area contributed by atoms with Crippen LogP contribution in [0.5, 0.6) is 0 Å². The number of aromatic nitrogens is 1. The van der Waals surface area contributed by atoms with Crippen LogP contribution >= 0.6 is 12.6 Å². The van der Waals surface area contributed by atoms with Crippen LogP contribution in [0.25, 0.3) is 10.9 Å². The summed E-state index contributed by atoms with van der Waals surface area (Å²) in [6, 6.07) is 15.1. The molecule has 0 spiro atoms. The van der Waals surface area contributed by atoms with Crippen molar-refractivity contribution in [3.05, 3.63) is 71.4 Å². The molecule has 2 aromatic carbocycles. The number of hydrogen-bond donors (Lipinski definition) is 5. The van der Waals surface area contributed by atoms with E-state index in [0.717, 1.165) is 22.0 Å². The molecular formula is C23H27N3O3S. The lowest BCUT2D eigenvalue weighted by Gasteiger charge is -2.29. The molecule has 7 heteroatoms. The standard InChI is InChI=1S/C23H27N3O3S/c1-16-6-8-17(9-7-16)11-24-21(13-30)22(29)26-23(14-27,15-28)10-18-12-25-20-5-3-2-4-19(18)20/h2-9,12,14,21,24-25,28,30H,10-11,13,15H2,1H3,(H,26,29)/t21-,23-/m1/s1. The van der Waals surface area contributed by atoms with E-state index in [1.54, 1.807) is 6.20 Å². The second kappa shape index (κ2) is 9.93. The summed E-state index contributed by atoms with van der Waals surface area (Å²) in [6.07, 6.45) is 2.60. The molecule has 2 atom stereocenters. The van der Waals surface area contributed by atoms with Gasteiger partial charge in [0.25, 0.3) is 0 Å². The number of rotatable bonds is 10. The maximum absolute atomic E-state index is 12.9. The molecule has 0 saturated carbocycles. The van der Waals surface area contributed by atoms with Crippen molar-refractivity contribution in [1.29, 1.82) is 0 Å². The molecule has 0 aliphatic rings. The van der Waals surface area contributed by atoms with Gasteiger partial charge in [-0.2, -0.15) is 12.6 Å². The first-order valence-electron chi connectivity index (χ1n) is 9.84. The molecule has 3 rings (SSSR count). The first kappa shape index (κ1) is 22.1. The number of aliphatic hydroxyl groups is 1. The predicted octanol–water partition coefficient (Wildman–Crippen LogP) is 2.15. The molecular weight excluding hydrogens is 398 g/mol. The van der Waals surface area contributed by atoms with Crippen molar-refractivity contribution in [3.8, 4) is 0 Å². The van der Waals surface area contributed by atoms with E-state index in [1.165, 1.54) is 5.56 Å². The molecule has 6 nitrogen and oxygen atoms in total. The highest BCUT2D eigenvalue weighted by Crippen LogP contribution is 2.22. The summed E-state index contributed by atoms with van der Waals surface area (Å²) in [4.78, 5) is 28.0. The topological polar surface area (TPSA) is 94.2 Å². The van der Waals surface area contributed by atoms with Crippen LogP contribution in [-0.2, 0) is 22.6 Å². The molecule has 0 unspecified atom stereocenters. The van der Waals surface area contributed by atoms with E-state index in [0.29, 0.717) is 12.8 Å². The van der Waals surface area contributed by atoms with Gasteiger partial charge in [0.05, 0.1) is 12.6 Å². The van der Waals surface area contributed by atoms with Crippen molar-refractivity contribution in [2.24, 2.45) is 0 Å². The third-order valence-electron chi connectivity index (χ3n) is 5.23. The summed E-state index contributed by atoms with van der Waals surface area (Å²) in [5, 5.41) is 16.9. The van der Waals surface area contributed by atoms with Crippen molar-refractivity contribution in [1.82, 2.24) is 15.6 Å². The fraction of sp³-hybridized carbons (Fsp3) is 0.304. The van der Waals surface area contributed by atoms with Gasteiger partial charge in [0.1, 0.15) is 11.8 Å². The SMILES string of the molecule is Cc1ccc(CN[C@H](CS)C(=O)N[C@](C=O)(CO)Cc2c[nH]c3ccccc23)cc1. The third-order valence-corrected chi connectivity index (χ3v) is 5.60. The number of fused-ring (bicyclic) bond motifs is 1. The average Bonchev–Trinajstić information content (AvgIpc) is 3.17. The molecule has 1 amide bonds. The number of thiol groups is 1. The van der Waals surface area contributed by atoms with Crippen LogP contribution in [0.3, 0.4) is 0 Å². The number of benzene rings is 2. The third kappa shape index (κ3) is 5.11. The van der Waals surface area contributed by atoms with E-state index in [4.69, 9.17) is 0 Å². The van der Waals surface area contributed by atoms with Crippen LogP contribution in [0, 0.1) is 6.92 Å². The largest absolute Gasteiger partial charge is 0.393 e. The molecule has 0 fully saturated rings. The highest BCUT2D eigenvalue weighted by Gasteiger charge is 2.34. The Morgan fingerprint density at radius 3 is 2.63 bits per heavy atom. The summed E-state index contributed by atoms with van der Waals surface area (Å²) < 4.78 is 0. The summed E-state index contributed by atoms with van der Waals surface area (Å²) >= 11 is 4.28. The first-order chi connectivity index (χ1) is 14.5. The number of carbonyl (C=O) groups is 2. The molecule has 1 aromatic heterocycles. The molecule has 0 aliphatic heterocycles. The van der Waals surface area contributed by atoms with E-state index < -0.39 is 18.2 Å². The molecule has 3 aromatic rings. The Bertz CT molecular complexity index is 1000. The van der Waals surface area contributed by atoms with Crippen LogP contribution in [0.2, 0.25) is 0 Å². The number of carbonyl (C=O) groups excluding carboxylic acids is 2. The minimum absolute atomic E-state index is 0.181. The van der Waals surface area contributed by atoms with Gasteiger partial charge in [0.2, 0.25) is 5.91 Å². The Morgan fingerprint density at radius 1 is 1.23 bits per heavy atom. The van der Waals surface area contributed by atoms with Gasteiger partial charge < -0.3 is 25.5 Å². The van der Waals surface area contributed by atoms with Gasteiger partial charge in [-0.25, -0.2) is 0 Å². The Labute approximate surface area is 181 Å².